The molecule has 1 fully saturated rings. The van der Waals surface area contributed by atoms with Gasteiger partial charge in [0.1, 0.15) is 5.75 Å². The molecule has 0 bridgehead atoms. The molecule has 0 spiro atoms. The Balaban J connectivity index is 1.79. The molecule has 1 N–H and O–H groups in total. The van der Waals surface area contributed by atoms with E-state index in [1.807, 2.05) is 19.1 Å². The maximum atomic E-state index is 8.55. The second kappa shape index (κ2) is 5.71. The van der Waals surface area contributed by atoms with Gasteiger partial charge in [-0.25, -0.2) is 0 Å². The normalized spacial score (nSPS) is 15.9. The molecule has 2 rings (SSSR count). The van der Waals surface area contributed by atoms with Crippen LogP contribution in [0.5, 0.6) is 5.75 Å². The summed E-state index contributed by atoms with van der Waals surface area (Å²) in [6.07, 6.45) is 4.33. The molecule has 0 aliphatic heterocycles. The van der Waals surface area contributed by atoms with Gasteiger partial charge in [0.05, 0.1) is 12.3 Å². The Morgan fingerprint density at radius 3 is 2.65 bits per heavy atom. The Labute approximate surface area is 102 Å². The average Bonchev–Trinajstić information content (AvgIpc) is 3.18. The van der Waals surface area contributed by atoms with Crippen LogP contribution in [0.15, 0.2) is 29.4 Å². The van der Waals surface area contributed by atoms with Crippen molar-refractivity contribution in [2.45, 2.75) is 32.6 Å². The van der Waals surface area contributed by atoms with Gasteiger partial charge in [0.2, 0.25) is 0 Å². The number of aryl methyl sites for hydroxylation is 1. The van der Waals surface area contributed by atoms with Crippen molar-refractivity contribution in [1.82, 2.24) is 0 Å². The lowest BCUT2D eigenvalue weighted by Crippen LogP contribution is -1.99. The molecule has 0 unspecified atom stereocenters. The third-order valence-corrected chi connectivity index (χ3v) is 3.05. The van der Waals surface area contributed by atoms with Crippen LogP contribution in [0, 0.1) is 5.92 Å². The van der Waals surface area contributed by atoms with E-state index in [9.17, 15) is 0 Å². The molecule has 1 aromatic rings. The number of ether oxygens (including phenoxy) is 1. The van der Waals surface area contributed by atoms with Crippen molar-refractivity contribution in [2.75, 3.05) is 6.61 Å². The Morgan fingerprint density at radius 2 is 2.06 bits per heavy atom. The smallest absolute Gasteiger partial charge is 0.119 e. The molecule has 17 heavy (non-hydrogen) atoms. The number of rotatable bonds is 6. The number of hydrogen-bond acceptors (Lipinski definition) is 3. The van der Waals surface area contributed by atoms with Gasteiger partial charge < -0.3 is 9.94 Å². The predicted octanol–water partition coefficient (Wildman–Crippen LogP) is 3.26. The molecule has 1 aliphatic carbocycles. The molecule has 1 saturated carbocycles. The minimum atomic E-state index is 0.763. The molecule has 0 heterocycles. The molecular weight excluding hydrogens is 214 g/mol. The van der Waals surface area contributed by atoms with Crippen LogP contribution < -0.4 is 4.74 Å². The summed E-state index contributed by atoms with van der Waals surface area (Å²) in [7, 11) is 0. The van der Waals surface area contributed by atoms with Crippen LogP contribution in [0.25, 0.3) is 0 Å². The third kappa shape index (κ3) is 4.10. The van der Waals surface area contributed by atoms with E-state index in [-0.39, 0.29) is 0 Å². The second-order valence-corrected chi connectivity index (χ2v) is 4.73. The lowest BCUT2D eigenvalue weighted by molar-refractivity contribution is 0.299. The fraction of sp³-hybridized carbons (Fsp3) is 0.500. The van der Waals surface area contributed by atoms with Crippen LogP contribution in [-0.4, -0.2) is 17.5 Å². The first-order valence-corrected chi connectivity index (χ1v) is 6.17. The summed E-state index contributed by atoms with van der Waals surface area (Å²) in [5, 5.41) is 11.7. The minimum absolute atomic E-state index is 0.763. The largest absolute Gasteiger partial charge is 0.493 e. The van der Waals surface area contributed by atoms with Gasteiger partial charge in [-0.15, -0.1) is 0 Å². The zero-order chi connectivity index (χ0) is 12.1. The van der Waals surface area contributed by atoms with E-state index in [4.69, 9.17) is 9.94 Å². The lowest BCUT2D eigenvalue weighted by Gasteiger charge is -2.06. The first-order valence-electron chi connectivity index (χ1n) is 6.17. The van der Waals surface area contributed by atoms with Crippen molar-refractivity contribution < 1.29 is 9.94 Å². The molecule has 1 aliphatic rings. The highest BCUT2D eigenvalue weighted by molar-refractivity contribution is 5.81. The van der Waals surface area contributed by atoms with E-state index < -0.39 is 0 Å². The minimum Gasteiger partial charge on any atom is -0.493 e. The lowest BCUT2D eigenvalue weighted by atomic mass is 10.1. The molecule has 1 aromatic carbocycles. The summed E-state index contributed by atoms with van der Waals surface area (Å²) in [4.78, 5) is 0. The Morgan fingerprint density at radius 1 is 1.35 bits per heavy atom. The van der Waals surface area contributed by atoms with Crippen molar-refractivity contribution in [3.63, 3.8) is 0 Å². The van der Waals surface area contributed by atoms with Crippen molar-refractivity contribution >= 4 is 5.71 Å². The van der Waals surface area contributed by atoms with Crippen molar-refractivity contribution in [3.8, 4) is 5.75 Å². The van der Waals surface area contributed by atoms with Gasteiger partial charge >= 0.3 is 0 Å². The van der Waals surface area contributed by atoms with E-state index in [1.54, 1.807) is 0 Å². The number of benzene rings is 1. The van der Waals surface area contributed by atoms with Gasteiger partial charge in [0, 0.05) is 0 Å². The zero-order valence-electron chi connectivity index (χ0n) is 10.2. The van der Waals surface area contributed by atoms with E-state index in [1.165, 1.54) is 18.4 Å². The number of oxime groups is 1. The van der Waals surface area contributed by atoms with Crippen LogP contribution >= 0.6 is 0 Å². The monoisotopic (exact) mass is 233 g/mol. The van der Waals surface area contributed by atoms with Crippen molar-refractivity contribution in [1.29, 1.82) is 0 Å². The topological polar surface area (TPSA) is 41.8 Å². The molecule has 3 nitrogen and oxygen atoms in total. The first kappa shape index (κ1) is 12.0. The quantitative estimate of drug-likeness (QED) is 0.465. The Hall–Kier alpha value is -1.51. The van der Waals surface area contributed by atoms with Gasteiger partial charge in [-0.05, 0) is 56.2 Å². The van der Waals surface area contributed by atoms with E-state index >= 15 is 0 Å². The first-order chi connectivity index (χ1) is 8.28. The predicted molar refractivity (Wildman–Crippen MR) is 67.9 cm³/mol. The SMILES string of the molecule is C/C(CCc1ccc(OCC2CC2)cc1)=N/O. The van der Waals surface area contributed by atoms with E-state index in [0.717, 1.165) is 36.8 Å². The molecule has 0 atom stereocenters. The Bertz CT molecular complexity index is 380. The third-order valence-electron chi connectivity index (χ3n) is 3.05. The summed E-state index contributed by atoms with van der Waals surface area (Å²) in [6.45, 7) is 2.68. The van der Waals surface area contributed by atoms with Gasteiger partial charge in [0.25, 0.3) is 0 Å². The van der Waals surface area contributed by atoms with Gasteiger partial charge in [-0.3, -0.25) is 0 Å². The highest BCUT2D eigenvalue weighted by Gasteiger charge is 2.21. The maximum absolute atomic E-state index is 8.55. The van der Waals surface area contributed by atoms with Gasteiger partial charge in [0.15, 0.2) is 0 Å². The van der Waals surface area contributed by atoms with Crippen LogP contribution in [0.3, 0.4) is 0 Å². The molecular formula is C14H19NO2. The maximum Gasteiger partial charge on any atom is 0.119 e. The zero-order valence-corrected chi connectivity index (χ0v) is 10.2. The molecule has 3 heteroatoms. The summed E-state index contributed by atoms with van der Waals surface area (Å²) in [5.74, 6) is 1.74. The summed E-state index contributed by atoms with van der Waals surface area (Å²) < 4.78 is 5.67. The van der Waals surface area contributed by atoms with E-state index in [2.05, 4.69) is 17.3 Å². The van der Waals surface area contributed by atoms with Crippen molar-refractivity contribution in [2.24, 2.45) is 11.1 Å². The van der Waals surface area contributed by atoms with Crippen LogP contribution in [0.2, 0.25) is 0 Å². The average molecular weight is 233 g/mol. The van der Waals surface area contributed by atoms with E-state index in [0.29, 0.717) is 0 Å². The van der Waals surface area contributed by atoms with Crippen LogP contribution in [0.4, 0.5) is 0 Å². The number of hydrogen-bond donors (Lipinski definition) is 1. The van der Waals surface area contributed by atoms with Gasteiger partial charge in [-0.2, -0.15) is 0 Å². The Kier molecular flexibility index (Phi) is 4.02. The fourth-order valence-electron chi connectivity index (χ4n) is 1.63. The molecule has 0 amide bonds. The summed E-state index contributed by atoms with van der Waals surface area (Å²) in [5.41, 5.74) is 2.01. The summed E-state index contributed by atoms with van der Waals surface area (Å²) >= 11 is 0. The van der Waals surface area contributed by atoms with Crippen LogP contribution in [0.1, 0.15) is 31.7 Å². The highest BCUT2D eigenvalue weighted by atomic mass is 16.5. The second-order valence-electron chi connectivity index (χ2n) is 4.73. The van der Waals surface area contributed by atoms with Gasteiger partial charge in [-0.1, -0.05) is 17.3 Å². The molecule has 0 aromatic heterocycles. The molecule has 0 radical (unpaired) electrons. The molecule has 0 saturated heterocycles. The summed E-state index contributed by atoms with van der Waals surface area (Å²) in [6, 6.07) is 8.19. The number of nitrogens with zero attached hydrogens (tertiary/aromatic N) is 1. The standard InChI is InChI=1S/C14H19NO2/c1-11(15-16)2-3-12-6-8-14(9-7-12)17-10-13-4-5-13/h6-9,13,16H,2-5,10H2,1H3/b15-11-. The fourth-order valence-corrected chi connectivity index (χ4v) is 1.63. The molecule has 92 valence electrons. The van der Waals surface area contributed by atoms with Crippen LogP contribution in [-0.2, 0) is 6.42 Å². The highest BCUT2D eigenvalue weighted by Crippen LogP contribution is 2.29. The van der Waals surface area contributed by atoms with Crippen molar-refractivity contribution in [3.05, 3.63) is 29.8 Å².